The van der Waals surface area contributed by atoms with Gasteiger partial charge in [0.1, 0.15) is 11.3 Å². The molecule has 2 fully saturated rings. The van der Waals surface area contributed by atoms with Crippen molar-refractivity contribution in [3.63, 3.8) is 0 Å². The van der Waals surface area contributed by atoms with Gasteiger partial charge < -0.3 is 9.64 Å². The highest BCUT2D eigenvalue weighted by Gasteiger charge is 2.34. The van der Waals surface area contributed by atoms with Gasteiger partial charge in [0.05, 0.1) is 11.3 Å². The lowest BCUT2D eigenvalue weighted by atomic mass is 10.1. The third-order valence-corrected chi connectivity index (χ3v) is 6.39. The normalized spacial score (nSPS) is 20.3. The Morgan fingerprint density at radius 2 is 2.09 bits per heavy atom. The van der Waals surface area contributed by atoms with Crippen molar-refractivity contribution in [2.75, 3.05) is 49.2 Å². The van der Waals surface area contributed by atoms with Gasteiger partial charge in [0.15, 0.2) is 5.13 Å². The maximum absolute atomic E-state index is 5.70. The average molecular weight is 335 g/mol. The zero-order valence-electron chi connectivity index (χ0n) is 12.8. The van der Waals surface area contributed by atoms with Gasteiger partial charge in [0, 0.05) is 43.7 Å². The van der Waals surface area contributed by atoms with E-state index in [2.05, 4.69) is 33.7 Å². The first-order valence-electron chi connectivity index (χ1n) is 7.94. The number of thioether (sulfide) groups is 1. The van der Waals surface area contributed by atoms with Crippen LogP contribution in [0.25, 0.3) is 10.2 Å². The van der Waals surface area contributed by atoms with E-state index in [-0.39, 0.29) is 0 Å². The van der Waals surface area contributed by atoms with Crippen molar-refractivity contribution < 1.29 is 4.74 Å². The minimum absolute atomic E-state index is 0.685. The molecular formula is C16H21N3OS2. The van der Waals surface area contributed by atoms with Crippen molar-refractivity contribution in [1.82, 2.24) is 9.88 Å². The summed E-state index contributed by atoms with van der Waals surface area (Å²) in [4.78, 5) is 9.88. The Balaban J connectivity index is 1.47. The number of rotatable bonds is 4. The molecule has 4 nitrogen and oxygen atoms in total. The van der Waals surface area contributed by atoms with Crippen LogP contribution in [0.1, 0.15) is 6.92 Å². The molecule has 0 saturated carbocycles. The van der Waals surface area contributed by atoms with Gasteiger partial charge in [-0.2, -0.15) is 11.8 Å². The number of nitrogens with zero attached hydrogens (tertiary/aromatic N) is 3. The molecule has 0 amide bonds. The van der Waals surface area contributed by atoms with Gasteiger partial charge in [-0.1, -0.05) is 17.4 Å². The molecule has 0 spiro atoms. The largest absolute Gasteiger partial charge is 0.492 e. The molecule has 118 valence electrons. The van der Waals surface area contributed by atoms with Crippen LogP contribution in [-0.2, 0) is 0 Å². The van der Waals surface area contributed by atoms with Gasteiger partial charge in [-0.15, -0.1) is 0 Å². The van der Waals surface area contributed by atoms with E-state index in [0.717, 1.165) is 35.5 Å². The number of hydrogen-bond acceptors (Lipinski definition) is 6. The fourth-order valence-corrected chi connectivity index (χ4v) is 5.04. The summed E-state index contributed by atoms with van der Waals surface area (Å²) < 4.78 is 6.92. The SMILES string of the molecule is CCOc1cccc2sc(N3CC(N4CCSCC4)C3)nc12. The van der Waals surface area contributed by atoms with E-state index in [1.807, 2.05) is 13.0 Å². The van der Waals surface area contributed by atoms with E-state index in [0.29, 0.717) is 6.61 Å². The highest BCUT2D eigenvalue weighted by molar-refractivity contribution is 7.99. The monoisotopic (exact) mass is 335 g/mol. The Bertz CT molecular complexity index is 648. The fraction of sp³-hybridized carbons (Fsp3) is 0.562. The van der Waals surface area contributed by atoms with E-state index in [1.54, 1.807) is 11.3 Å². The van der Waals surface area contributed by atoms with Gasteiger partial charge in [-0.25, -0.2) is 4.98 Å². The van der Waals surface area contributed by atoms with E-state index >= 15 is 0 Å². The van der Waals surface area contributed by atoms with E-state index in [1.165, 1.54) is 29.3 Å². The van der Waals surface area contributed by atoms with Crippen LogP contribution in [0.15, 0.2) is 18.2 Å². The van der Waals surface area contributed by atoms with Gasteiger partial charge in [0.2, 0.25) is 0 Å². The third kappa shape index (κ3) is 2.68. The molecule has 0 radical (unpaired) electrons. The number of benzene rings is 1. The minimum Gasteiger partial charge on any atom is -0.492 e. The van der Waals surface area contributed by atoms with Crippen LogP contribution in [0.5, 0.6) is 5.75 Å². The Morgan fingerprint density at radius 3 is 2.86 bits per heavy atom. The molecule has 2 saturated heterocycles. The predicted molar refractivity (Wildman–Crippen MR) is 95.7 cm³/mol. The van der Waals surface area contributed by atoms with Crippen LogP contribution < -0.4 is 9.64 Å². The summed E-state index contributed by atoms with van der Waals surface area (Å²) >= 11 is 3.86. The summed E-state index contributed by atoms with van der Waals surface area (Å²) in [6.45, 7) is 7.44. The third-order valence-electron chi connectivity index (χ3n) is 4.37. The number of para-hydroxylation sites is 1. The molecule has 0 bridgehead atoms. The standard InChI is InChI=1S/C16H21N3OS2/c1-2-20-13-4-3-5-14-15(13)17-16(22-14)19-10-12(11-19)18-6-8-21-9-7-18/h3-5,12H,2,6-11H2,1H3. The fourth-order valence-electron chi connectivity index (χ4n) is 3.10. The molecule has 1 aromatic carbocycles. The molecule has 6 heteroatoms. The van der Waals surface area contributed by atoms with E-state index in [4.69, 9.17) is 9.72 Å². The molecular weight excluding hydrogens is 314 g/mol. The lowest BCUT2D eigenvalue weighted by Gasteiger charge is -2.46. The van der Waals surface area contributed by atoms with Crippen LogP contribution in [0.4, 0.5) is 5.13 Å². The second kappa shape index (κ2) is 6.26. The maximum atomic E-state index is 5.70. The van der Waals surface area contributed by atoms with Crippen molar-refractivity contribution >= 4 is 38.4 Å². The minimum atomic E-state index is 0.685. The molecule has 2 aliphatic rings. The van der Waals surface area contributed by atoms with Gasteiger partial charge in [0.25, 0.3) is 0 Å². The Labute approximate surface area is 139 Å². The van der Waals surface area contributed by atoms with Gasteiger partial charge in [-0.05, 0) is 19.1 Å². The van der Waals surface area contributed by atoms with E-state index < -0.39 is 0 Å². The van der Waals surface area contributed by atoms with Crippen LogP contribution in [0, 0.1) is 0 Å². The lowest BCUT2D eigenvalue weighted by Crippen LogP contribution is -2.61. The van der Waals surface area contributed by atoms with Gasteiger partial charge >= 0.3 is 0 Å². The maximum Gasteiger partial charge on any atom is 0.186 e. The molecule has 0 unspecified atom stereocenters. The molecule has 2 aliphatic heterocycles. The smallest absolute Gasteiger partial charge is 0.186 e. The topological polar surface area (TPSA) is 28.6 Å². The first kappa shape index (κ1) is 14.6. The zero-order chi connectivity index (χ0) is 14.9. The first-order chi connectivity index (χ1) is 10.8. The molecule has 22 heavy (non-hydrogen) atoms. The predicted octanol–water partition coefficient (Wildman–Crippen LogP) is 2.93. The number of fused-ring (bicyclic) bond motifs is 1. The lowest BCUT2D eigenvalue weighted by molar-refractivity contribution is 0.183. The first-order valence-corrected chi connectivity index (χ1v) is 9.91. The molecule has 4 rings (SSSR count). The number of anilines is 1. The number of hydrogen-bond donors (Lipinski definition) is 0. The summed E-state index contributed by atoms with van der Waals surface area (Å²) in [6, 6.07) is 6.93. The summed E-state index contributed by atoms with van der Waals surface area (Å²) in [5, 5.41) is 1.14. The van der Waals surface area contributed by atoms with Crippen LogP contribution in [0.3, 0.4) is 0 Å². The van der Waals surface area contributed by atoms with E-state index in [9.17, 15) is 0 Å². The zero-order valence-corrected chi connectivity index (χ0v) is 14.5. The summed E-state index contributed by atoms with van der Waals surface area (Å²) in [6.07, 6.45) is 0. The molecule has 0 aliphatic carbocycles. The Morgan fingerprint density at radius 1 is 1.27 bits per heavy atom. The van der Waals surface area contributed by atoms with Crippen molar-refractivity contribution in [1.29, 1.82) is 0 Å². The molecule has 3 heterocycles. The highest BCUT2D eigenvalue weighted by Crippen LogP contribution is 2.36. The van der Waals surface area contributed by atoms with Crippen molar-refractivity contribution in [2.24, 2.45) is 0 Å². The number of aromatic nitrogens is 1. The average Bonchev–Trinajstić information content (AvgIpc) is 2.92. The summed E-state index contributed by atoms with van der Waals surface area (Å²) in [5.74, 6) is 3.48. The quantitative estimate of drug-likeness (QED) is 0.857. The second-order valence-electron chi connectivity index (χ2n) is 5.74. The molecule has 0 atom stereocenters. The Kier molecular flexibility index (Phi) is 4.15. The second-order valence-corrected chi connectivity index (χ2v) is 7.97. The summed E-state index contributed by atoms with van der Waals surface area (Å²) in [5.41, 5.74) is 1.02. The molecule has 0 N–H and O–H groups in total. The van der Waals surface area contributed by atoms with Crippen LogP contribution in [0.2, 0.25) is 0 Å². The number of ether oxygens (including phenoxy) is 1. The highest BCUT2D eigenvalue weighted by atomic mass is 32.2. The number of thiazole rings is 1. The van der Waals surface area contributed by atoms with Crippen molar-refractivity contribution in [2.45, 2.75) is 13.0 Å². The summed E-state index contributed by atoms with van der Waals surface area (Å²) in [7, 11) is 0. The Hall–Kier alpha value is -0.980. The van der Waals surface area contributed by atoms with Crippen molar-refractivity contribution in [3.05, 3.63) is 18.2 Å². The van der Waals surface area contributed by atoms with Crippen LogP contribution in [-0.4, -0.2) is 60.2 Å². The van der Waals surface area contributed by atoms with Crippen molar-refractivity contribution in [3.8, 4) is 5.75 Å². The van der Waals surface area contributed by atoms with Gasteiger partial charge in [-0.3, -0.25) is 4.90 Å². The molecule has 2 aromatic rings. The molecule has 1 aromatic heterocycles. The van der Waals surface area contributed by atoms with Crippen LogP contribution >= 0.6 is 23.1 Å².